The largest absolute Gasteiger partial charge is 0.465 e. The molecule has 1 aliphatic rings. The van der Waals surface area contributed by atoms with E-state index in [0.29, 0.717) is 11.3 Å². The topological polar surface area (TPSA) is 139 Å². The Morgan fingerprint density at radius 3 is 2.38 bits per heavy atom. The Balaban J connectivity index is 1.64. The molecular formula is C23H26N2O8S. The summed E-state index contributed by atoms with van der Waals surface area (Å²) in [5.74, 6) is -2.10. The second-order valence-corrected chi connectivity index (χ2v) is 9.84. The molecule has 0 bridgehead atoms. The van der Waals surface area contributed by atoms with Gasteiger partial charge in [0.2, 0.25) is 10.0 Å². The predicted molar refractivity (Wildman–Crippen MR) is 122 cm³/mol. The molecule has 1 fully saturated rings. The summed E-state index contributed by atoms with van der Waals surface area (Å²) in [6.45, 7) is 2.72. The highest BCUT2D eigenvalue weighted by Crippen LogP contribution is 2.28. The quantitative estimate of drug-likeness (QED) is 0.555. The number of β-amino-alcohol motifs (C(OH)–C–C–N with tert-alkyl or cyclic N) is 1. The van der Waals surface area contributed by atoms with Gasteiger partial charge in [-0.2, -0.15) is 4.31 Å². The number of methoxy groups -OCH3 is 1. The fourth-order valence-corrected chi connectivity index (χ4v) is 5.22. The van der Waals surface area contributed by atoms with E-state index in [1.165, 1.54) is 43.5 Å². The number of rotatable bonds is 7. The van der Waals surface area contributed by atoms with Gasteiger partial charge in [0.1, 0.15) is 6.04 Å². The number of esters is 2. The molecule has 2 aromatic carbocycles. The van der Waals surface area contributed by atoms with Crippen LogP contribution in [0, 0.1) is 13.8 Å². The van der Waals surface area contributed by atoms with Crippen LogP contribution in [-0.2, 0) is 29.1 Å². The molecule has 0 aromatic heterocycles. The number of aliphatic hydroxyl groups excluding tert-OH is 1. The van der Waals surface area contributed by atoms with Crippen molar-refractivity contribution in [2.75, 3.05) is 25.6 Å². The summed E-state index contributed by atoms with van der Waals surface area (Å²) in [6.07, 6.45) is -1.18. The zero-order valence-corrected chi connectivity index (χ0v) is 19.8. The number of sulfonamides is 1. The van der Waals surface area contributed by atoms with Crippen molar-refractivity contribution < 1.29 is 37.4 Å². The molecule has 0 saturated carbocycles. The minimum Gasteiger partial charge on any atom is -0.465 e. The highest BCUT2D eigenvalue weighted by atomic mass is 32.2. The highest BCUT2D eigenvalue weighted by Gasteiger charge is 2.44. The van der Waals surface area contributed by atoms with Gasteiger partial charge in [-0.1, -0.05) is 6.07 Å². The molecule has 2 unspecified atom stereocenters. The van der Waals surface area contributed by atoms with Gasteiger partial charge in [0, 0.05) is 18.7 Å². The van der Waals surface area contributed by atoms with E-state index in [0.717, 1.165) is 15.4 Å². The minimum absolute atomic E-state index is 0.00986. The van der Waals surface area contributed by atoms with E-state index in [9.17, 15) is 27.9 Å². The van der Waals surface area contributed by atoms with E-state index in [1.807, 2.05) is 6.92 Å². The fourth-order valence-electron chi connectivity index (χ4n) is 3.51. The number of hydrogen-bond acceptors (Lipinski definition) is 8. The number of aliphatic hydroxyl groups is 1. The molecule has 1 amide bonds. The number of anilines is 1. The zero-order valence-electron chi connectivity index (χ0n) is 19.0. The molecule has 182 valence electrons. The third kappa shape index (κ3) is 5.61. The first-order valence-electron chi connectivity index (χ1n) is 10.4. The molecule has 1 saturated heterocycles. The lowest BCUT2D eigenvalue weighted by Gasteiger charge is -2.22. The summed E-state index contributed by atoms with van der Waals surface area (Å²) in [7, 11) is -2.82. The standard InChI is InChI=1S/C23H26N2O8S/c1-14-4-9-19(10-15(14)2)34(30,31)25-12-18(26)11-20(25)23(29)33-13-21(27)24-17-7-5-16(6-8-17)22(28)32-3/h4-10,18,20,26H,11-13H2,1-3H3,(H,24,27). The summed E-state index contributed by atoms with van der Waals surface area (Å²) >= 11 is 0. The summed E-state index contributed by atoms with van der Waals surface area (Å²) in [4.78, 5) is 36.3. The molecule has 1 heterocycles. The van der Waals surface area contributed by atoms with Gasteiger partial charge in [0.05, 0.1) is 23.7 Å². The Morgan fingerprint density at radius 1 is 1.09 bits per heavy atom. The number of hydrogen-bond donors (Lipinski definition) is 2. The molecule has 3 rings (SSSR count). The van der Waals surface area contributed by atoms with Gasteiger partial charge >= 0.3 is 11.9 Å². The lowest BCUT2D eigenvalue weighted by atomic mass is 10.1. The number of carbonyl (C=O) groups excluding carboxylic acids is 3. The zero-order chi connectivity index (χ0) is 25.0. The average Bonchev–Trinajstić information content (AvgIpc) is 3.21. The molecular weight excluding hydrogens is 464 g/mol. The van der Waals surface area contributed by atoms with E-state index in [-0.39, 0.29) is 17.9 Å². The molecule has 10 nitrogen and oxygen atoms in total. The maximum absolute atomic E-state index is 13.1. The van der Waals surface area contributed by atoms with Gasteiger partial charge in [-0.05, 0) is 61.4 Å². The van der Waals surface area contributed by atoms with Gasteiger partial charge < -0.3 is 19.9 Å². The lowest BCUT2D eigenvalue weighted by Crippen LogP contribution is -2.42. The maximum atomic E-state index is 13.1. The molecule has 1 aliphatic heterocycles. The predicted octanol–water partition coefficient (Wildman–Crippen LogP) is 1.40. The molecule has 2 N–H and O–H groups in total. The normalized spacial score (nSPS) is 18.4. The van der Waals surface area contributed by atoms with E-state index >= 15 is 0 Å². The summed E-state index contributed by atoms with van der Waals surface area (Å²) < 4.78 is 36.8. The van der Waals surface area contributed by atoms with Crippen molar-refractivity contribution >= 4 is 33.6 Å². The van der Waals surface area contributed by atoms with Gasteiger partial charge in [-0.15, -0.1) is 0 Å². The first-order chi connectivity index (χ1) is 16.0. The van der Waals surface area contributed by atoms with Gasteiger partial charge in [0.15, 0.2) is 6.61 Å². The van der Waals surface area contributed by atoms with E-state index < -0.39 is 46.6 Å². The number of ether oxygens (including phenoxy) is 2. The Hall–Kier alpha value is -3.28. The van der Waals surface area contributed by atoms with Crippen molar-refractivity contribution in [2.24, 2.45) is 0 Å². The lowest BCUT2D eigenvalue weighted by molar-refractivity contribution is -0.150. The van der Waals surface area contributed by atoms with Crippen LogP contribution in [0.2, 0.25) is 0 Å². The average molecular weight is 491 g/mol. The number of nitrogens with one attached hydrogen (secondary N) is 1. The van der Waals surface area contributed by atoms with Crippen molar-refractivity contribution in [3.63, 3.8) is 0 Å². The van der Waals surface area contributed by atoms with E-state index in [4.69, 9.17) is 4.74 Å². The van der Waals surface area contributed by atoms with Crippen LogP contribution in [-0.4, -0.2) is 68.1 Å². The Kier molecular flexibility index (Phi) is 7.70. The molecule has 2 aromatic rings. The van der Waals surface area contributed by atoms with Crippen LogP contribution in [0.5, 0.6) is 0 Å². The van der Waals surface area contributed by atoms with Gasteiger partial charge in [-0.25, -0.2) is 13.2 Å². The second-order valence-electron chi connectivity index (χ2n) is 7.95. The van der Waals surface area contributed by atoms with Gasteiger partial charge in [0.25, 0.3) is 5.91 Å². The van der Waals surface area contributed by atoms with Crippen LogP contribution in [0.1, 0.15) is 27.9 Å². The monoisotopic (exact) mass is 490 g/mol. The number of nitrogens with zero attached hydrogens (tertiary/aromatic N) is 1. The number of carbonyl (C=O) groups is 3. The van der Waals surface area contributed by atoms with E-state index in [2.05, 4.69) is 10.1 Å². The van der Waals surface area contributed by atoms with Crippen molar-refractivity contribution in [1.29, 1.82) is 0 Å². The molecule has 0 spiro atoms. The van der Waals surface area contributed by atoms with Crippen LogP contribution < -0.4 is 5.32 Å². The number of aryl methyl sites for hydroxylation is 2. The van der Waals surface area contributed by atoms with Crippen LogP contribution >= 0.6 is 0 Å². The fraction of sp³-hybridized carbons (Fsp3) is 0.348. The van der Waals surface area contributed by atoms with Crippen LogP contribution in [0.4, 0.5) is 5.69 Å². The molecule has 11 heteroatoms. The van der Waals surface area contributed by atoms with Crippen molar-refractivity contribution in [2.45, 2.75) is 37.3 Å². The van der Waals surface area contributed by atoms with Crippen LogP contribution in [0.3, 0.4) is 0 Å². The number of benzene rings is 2. The molecule has 0 radical (unpaired) electrons. The van der Waals surface area contributed by atoms with Crippen LogP contribution in [0.25, 0.3) is 0 Å². The Morgan fingerprint density at radius 2 is 1.76 bits per heavy atom. The third-order valence-electron chi connectivity index (χ3n) is 5.53. The summed E-state index contributed by atoms with van der Waals surface area (Å²) in [5.41, 5.74) is 2.36. The van der Waals surface area contributed by atoms with Crippen molar-refractivity contribution in [3.8, 4) is 0 Å². The number of amides is 1. The van der Waals surface area contributed by atoms with E-state index in [1.54, 1.807) is 13.0 Å². The van der Waals surface area contributed by atoms with Gasteiger partial charge in [-0.3, -0.25) is 9.59 Å². The van der Waals surface area contributed by atoms with Crippen LogP contribution in [0.15, 0.2) is 47.4 Å². The first kappa shape index (κ1) is 25.3. The summed E-state index contributed by atoms with van der Waals surface area (Å²) in [6, 6.07) is 9.26. The highest BCUT2D eigenvalue weighted by molar-refractivity contribution is 7.89. The Bertz CT molecular complexity index is 1190. The molecule has 34 heavy (non-hydrogen) atoms. The maximum Gasteiger partial charge on any atom is 0.337 e. The SMILES string of the molecule is COC(=O)c1ccc(NC(=O)COC(=O)C2CC(O)CN2S(=O)(=O)c2ccc(C)c(C)c2)cc1. The molecule has 2 atom stereocenters. The molecule has 0 aliphatic carbocycles. The van der Waals surface area contributed by atoms with Crippen molar-refractivity contribution in [3.05, 3.63) is 59.2 Å². The smallest absolute Gasteiger partial charge is 0.337 e. The Labute approximate surface area is 197 Å². The second kappa shape index (κ2) is 10.3. The first-order valence-corrected chi connectivity index (χ1v) is 11.9. The summed E-state index contributed by atoms with van der Waals surface area (Å²) in [5, 5.41) is 12.6. The third-order valence-corrected chi connectivity index (χ3v) is 7.40. The van der Waals surface area contributed by atoms with Crippen molar-refractivity contribution in [1.82, 2.24) is 4.31 Å². The minimum atomic E-state index is -4.07.